The first kappa shape index (κ1) is 15.8. The van der Waals surface area contributed by atoms with Crippen molar-refractivity contribution in [2.75, 3.05) is 18.5 Å². The number of thiazole rings is 1. The average Bonchev–Trinajstić information content (AvgIpc) is 2.91. The van der Waals surface area contributed by atoms with Crippen molar-refractivity contribution in [1.29, 1.82) is 0 Å². The molecule has 7 heteroatoms. The Hall–Kier alpha value is -1.60. The zero-order valence-electron chi connectivity index (χ0n) is 11.5. The molecule has 0 amide bonds. The summed E-state index contributed by atoms with van der Waals surface area (Å²) in [6, 6.07) is 4.37. The van der Waals surface area contributed by atoms with Crippen LogP contribution in [0.25, 0.3) is 0 Å². The topological polar surface area (TPSA) is 42.2 Å². The van der Waals surface area contributed by atoms with Crippen LogP contribution < -0.4 is 10.6 Å². The molecule has 0 saturated carbocycles. The van der Waals surface area contributed by atoms with E-state index in [4.69, 9.17) is 5.73 Å². The molecule has 0 spiro atoms. The molecule has 0 bridgehead atoms. The second kappa shape index (κ2) is 6.44. The van der Waals surface area contributed by atoms with Gasteiger partial charge in [-0.15, -0.1) is 11.3 Å². The molecule has 0 saturated heterocycles. The second-order valence-corrected chi connectivity index (χ2v) is 5.44. The van der Waals surface area contributed by atoms with Gasteiger partial charge in [-0.2, -0.15) is 13.2 Å². The Kier molecular flexibility index (Phi) is 4.84. The molecule has 0 atom stereocenters. The van der Waals surface area contributed by atoms with Crippen LogP contribution in [0.15, 0.2) is 29.1 Å². The number of halogens is 3. The first-order valence-electron chi connectivity index (χ1n) is 6.40. The van der Waals surface area contributed by atoms with E-state index in [0.29, 0.717) is 25.1 Å². The van der Waals surface area contributed by atoms with Gasteiger partial charge in [-0.25, -0.2) is 4.98 Å². The lowest BCUT2D eigenvalue weighted by molar-refractivity contribution is -0.137. The highest BCUT2D eigenvalue weighted by atomic mass is 32.1. The van der Waals surface area contributed by atoms with Crippen molar-refractivity contribution in [1.82, 2.24) is 4.98 Å². The van der Waals surface area contributed by atoms with Crippen LogP contribution >= 0.6 is 11.3 Å². The van der Waals surface area contributed by atoms with Crippen LogP contribution in [0.4, 0.5) is 18.9 Å². The zero-order chi connectivity index (χ0) is 15.5. The van der Waals surface area contributed by atoms with Gasteiger partial charge in [0.2, 0.25) is 0 Å². The quantitative estimate of drug-likeness (QED) is 0.920. The Morgan fingerprint density at radius 3 is 2.67 bits per heavy atom. The minimum atomic E-state index is -4.39. The number of benzene rings is 1. The van der Waals surface area contributed by atoms with Crippen LogP contribution in [0.3, 0.4) is 0 Å². The fourth-order valence-electron chi connectivity index (χ4n) is 2.11. The summed E-state index contributed by atoms with van der Waals surface area (Å²) in [5.74, 6) is 0. The predicted octanol–water partition coefficient (Wildman–Crippen LogP) is 3.30. The van der Waals surface area contributed by atoms with Gasteiger partial charge in [-0.3, -0.25) is 0 Å². The lowest BCUT2D eigenvalue weighted by atomic mass is 10.0. The molecule has 2 aromatic rings. The van der Waals surface area contributed by atoms with Crippen molar-refractivity contribution < 1.29 is 13.2 Å². The lowest BCUT2D eigenvalue weighted by Gasteiger charge is -2.23. The third-order valence-corrected chi connectivity index (χ3v) is 3.73. The van der Waals surface area contributed by atoms with Gasteiger partial charge in [0, 0.05) is 18.1 Å². The Bertz CT molecular complexity index is 582. The maximum absolute atomic E-state index is 13.2. The standard InChI is InChI=1S/C14H16F3N3S/c1-20(7-11-8-21-9-19-11)13-3-2-10(4-5-18)6-12(13)14(15,16)17/h2-3,6,8-9H,4-5,7,18H2,1H3. The van der Waals surface area contributed by atoms with Gasteiger partial charge in [-0.1, -0.05) is 6.07 Å². The number of hydrogen-bond donors (Lipinski definition) is 1. The summed E-state index contributed by atoms with van der Waals surface area (Å²) < 4.78 is 39.7. The van der Waals surface area contributed by atoms with Crippen molar-refractivity contribution in [3.8, 4) is 0 Å². The molecular formula is C14H16F3N3S. The van der Waals surface area contributed by atoms with Gasteiger partial charge in [0.15, 0.2) is 0 Å². The minimum absolute atomic E-state index is 0.149. The van der Waals surface area contributed by atoms with E-state index >= 15 is 0 Å². The Morgan fingerprint density at radius 2 is 2.10 bits per heavy atom. The van der Waals surface area contributed by atoms with Gasteiger partial charge < -0.3 is 10.6 Å². The fraction of sp³-hybridized carbons (Fsp3) is 0.357. The summed E-state index contributed by atoms with van der Waals surface area (Å²) in [6.07, 6.45) is -3.96. The van der Waals surface area contributed by atoms with Gasteiger partial charge in [-0.05, 0) is 30.7 Å². The molecule has 0 aliphatic heterocycles. The van der Waals surface area contributed by atoms with E-state index in [1.54, 1.807) is 23.5 Å². The summed E-state index contributed by atoms with van der Waals surface area (Å²) in [7, 11) is 1.63. The zero-order valence-corrected chi connectivity index (χ0v) is 12.3. The molecule has 21 heavy (non-hydrogen) atoms. The van der Waals surface area contributed by atoms with Crippen molar-refractivity contribution in [2.45, 2.75) is 19.1 Å². The van der Waals surface area contributed by atoms with E-state index in [2.05, 4.69) is 4.98 Å². The smallest absolute Gasteiger partial charge is 0.368 e. The Labute approximate surface area is 125 Å². The molecule has 2 rings (SSSR count). The van der Waals surface area contributed by atoms with Crippen LogP contribution in [0.5, 0.6) is 0 Å². The van der Waals surface area contributed by atoms with Crippen molar-refractivity contribution >= 4 is 17.0 Å². The number of rotatable bonds is 5. The summed E-state index contributed by atoms with van der Waals surface area (Å²) in [6.45, 7) is 0.661. The number of nitrogens with two attached hydrogens (primary N) is 1. The highest BCUT2D eigenvalue weighted by Crippen LogP contribution is 2.37. The van der Waals surface area contributed by atoms with E-state index in [1.807, 2.05) is 5.38 Å². The molecule has 1 aromatic heterocycles. The Balaban J connectivity index is 2.33. The summed E-state index contributed by atoms with van der Waals surface area (Å²) in [5.41, 5.74) is 7.93. The number of alkyl halides is 3. The highest BCUT2D eigenvalue weighted by Gasteiger charge is 2.34. The van der Waals surface area contributed by atoms with E-state index in [9.17, 15) is 13.2 Å². The molecule has 0 fully saturated rings. The molecular weight excluding hydrogens is 299 g/mol. The van der Waals surface area contributed by atoms with Gasteiger partial charge >= 0.3 is 6.18 Å². The van der Waals surface area contributed by atoms with Crippen LogP contribution in [-0.4, -0.2) is 18.6 Å². The van der Waals surface area contributed by atoms with Crippen molar-refractivity contribution in [3.05, 3.63) is 45.9 Å². The third kappa shape index (κ3) is 3.95. The largest absolute Gasteiger partial charge is 0.418 e. The van der Waals surface area contributed by atoms with Gasteiger partial charge in [0.05, 0.1) is 23.3 Å². The highest BCUT2D eigenvalue weighted by molar-refractivity contribution is 7.07. The first-order chi connectivity index (χ1) is 9.91. The van der Waals surface area contributed by atoms with E-state index in [-0.39, 0.29) is 5.69 Å². The normalized spacial score (nSPS) is 11.7. The fourth-order valence-corrected chi connectivity index (χ4v) is 2.66. The van der Waals surface area contributed by atoms with E-state index in [0.717, 1.165) is 5.69 Å². The van der Waals surface area contributed by atoms with Gasteiger partial charge in [0.1, 0.15) is 0 Å². The summed E-state index contributed by atoms with van der Waals surface area (Å²) in [4.78, 5) is 5.66. The van der Waals surface area contributed by atoms with E-state index < -0.39 is 11.7 Å². The molecule has 0 radical (unpaired) electrons. The van der Waals surface area contributed by atoms with Crippen LogP contribution in [0, 0.1) is 0 Å². The minimum Gasteiger partial charge on any atom is -0.368 e. The number of anilines is 1. The number of hydrogen-bond acceptors (Lipinski definition) is 4. The lowest BCUT2D eigenvalue weighted by Crippen LogP contribution is -2.21. The monoisotopic (exact) mass is 315 g/mol. The molecule has 114 valence electrons. The number of nitrogens with zero attached hydrogens (tertiary/aromatic N) is 2. The molecule has 0 aliphatic rings. The SMILES string of the molecule is CN(Cc1cscn1)c1ccc(CCN)cc1C(F)(F)F. The number of aromatic nitrogens is 1. The van der Waals surface area contributed by atoms with Crippen LogP contribution in [-0.2, 0) is 19.1 Å². The maximum atomic E-state index is 13.2. The van der Waals surface area contributed by atoms with E-state index in [1.165, 1.54) is 23.5 Å². The summed E-state index contributed by atoms with van der Waals surface area (Å²) in [5, 5.41) is 1.83. The third-order valence-electron chi connectivity index (χ3n) is 3.09. The van der Waals surface area contributed by atoms with Gasteiger partial charge in [0.25, 0.3) is 0 Å². The molecule has 2 N–H and O–H groups in total. The maximum Gasteiger partial charge on any atom is 0.418 e. The van der Waals surface area contributed by atoms with Crippen LogP contribution in [0.2, 0.25) is 0 Å². The molecule has 0 aliphatic carbocycles. The molecule has 1 aromatic carbocycles. The molecule has 1 heterocycles. The first-order valence-corrected chi connectivity index (χ1v) is 7.34. The Morgan fingerprint density at radius 1 is 1.33 bits per heavy atom. The molecule has 3 nitrogen and oxygen atoms in total. The summed E-state index contributed by atoms with van der Waals surface area (Å²) >= 11 is 1.42. The average molecular weight is 315 g/mol. The van der Waals surface area contributed by atoms with Crippen LogP contribution in [0.1, 0.15) is 16.8 Å². The van der Waals surface area contributed by atoms with Crippen molar-refractivity contribution in [3.63, 3.8) is 0 Å². The van der Waals surface area contributed by atoms with Crippen molar-refractivity contribution in [2.24, 2.45) is 5.73 Å². The molecule has 0 unspecified atom stereocenters. The predicted molar refractivity (Wildman–Crippen MR) is 78.4 cm³/mol. The second-order valence-electron chi connectivity index (χ2n) is 4.72.